The van der Waals surface area contributed by atoms with Gasteiger partial charge in [0.25, 0.3) is 17.7 Å². The molecular formula is C20H25N3O6. The number of nitrogens with zero attached hydrogens (tertiary/aromatic N) is 2. The van der Waals surface area contributed by atoms with Gasteiger partial charge in [-0.2, -0.15) is 0 Å². The maximum atomic E-state index is 12.4. The van der Waals surface area contributed by atoms with Gasteiger partial charge in [-0.05, 0) is 39.8 Å². The molecular weight excluding hydrogens is 378 g/mol. The molecule has 0 radical (unpaired) electrons. The molecule has 0 saturated heterocycles. The van der Waals surface area contributed by atoms with Crippen LogP contribution in [0.3, 0.4) is 0 Å². The van der Waals surface area contributed by atoms with Gasteiger partial charge in [0.1, 0.15) is 6.04 Å². The Morgan fingerprint density at radius 3 is 2.10 bits per heavy atom. The van der Waals surface area contributed by atoms with Crippen LogP contribution in [0.1, 0.15) is 48.4 Å². The Hall–Kier alpha value is -3.23. The lowest BCUT2D eigenvalue weighted by molar-refractivity contribution is -0.154. The third-order valence-electron chi connectivity index (χ3n) is 4.21. The van der Waals surface area contributed by atoms with Gasteiger partial charge in [-0.25, -0.2) is 4.79 Å². The number of rotatable bonds is 6. The number of ether oxygens (including phenoxy) is 1. The quantitative estimate of drug-likeness (QED) is 0.549. The minimum Gasteiger partial charge on any atom is -0.454 e. The molecule has 156 valence electrons. The van der Waals surface area contributed by atoms with Crippen LogP contribution in [0.5, 0.6) is 0 Å². The Morgan fingerprint density at radius 1 is 1.10 bits per heavy atom. The molecule has 0 fully saturated rings. The average molecular weight is 403 g/mol. The van der Waals surface area contributed by atoms with E-state index in [1.54, 1.807) is 12.1 Å². The molecule has 0 saturated carbocycles. The highest BCUT2D eigenvalue weighted by Gasteiger charge is 2.41. The summed E-state index contributed by atoms with van der Waals surface area (Å²) < 4.78 is 4.97. The monoisotopic (exact) mass is 403 g/mol. The number of carbonyl (C=O) groups is 5. The van der Waals surface area contributed by atoms with Crippen LogP contribution in [0.25, 0.3) is 0 Å². The second kappa shape index (κ2) is 8.42. The smallest absolute Gasteiger partial charge is 0.329 e. The Kier molecular flexibility index (Phi) is 6.41. The topological polar surface area (TPSA) is 113 Å². The van der Waals surface area contributed by atoms with Crippen molar-refractivity contribution in [2.75, 3.05) is 20.2 Å². The Labute approximate surface area is 169 Å². The van der Waals surface area contributed by atoms with Crippen LogP contribution in [-0.4, -0.2) is 71.2 Å². The zero-order valence-electron chi connectivity index (χ0n) is 17.1. The molecule has 9 heteroatoms. The van der Waals surface area contributed by atoms with Gasteiger partial charge in [0.2, 0.25) is 5.91 Å². The first-order valence-corrected chi connectivity index (χ1v) is 9.11. The van der Waals surface area contributed by atoms with Crippen molar-refractivity contribution in [2.45, 2.75) is 39.3 Å². The molecule has 29 heavy (non-hydrogen) atoms. The van der Waals surface area contributed by atoms with E-state index in [4.69, 9.17) is 4.74 Å². The summed E-state index contributed by atoms with van der Waals surface area (Å²) in [6.07, 6.45) is 0. The predicted molar refractivity (Wildman–Crippen MR) is 103 cm³/mol. The predicted octanol–water partition coefficient (Wildman–Crippen LogP) is 0.587. The molecule has 1 aliphatic rings. The Morgan fingerprint density at radius 2 is 1.62 bits per heavy atom. The summed E-state index contributed by atoms with van der Waals surface area (Å²) >= 11 is 0. The molecule has 1 N–H and O–H groups in total. The van der Waals surface area contributed by atoms with Crippen molar-refractivity contribution in [1.82, 2.24) is 15.1 Å². The van der Waals surface area contributed by atoms with E-state index >= 15 is 0 Å². The highest BCUT2D eigenvalue weighted by Crippen LogP contribution is 2.24. The van der Waals surface area contributed by atoms with Crippen LogP contribution in [-0.2, 0) is 19.1 Å². The standard InChI is InChI=1S/C20H25N3O6/c1-12(23-17(26)13-8-6-7-9-14(13)18(23)27)19(28)29-11-16(25)22(5)10-15(24)21-20(2,3)4/h6-9,12H,10-11H2,1-5H3,(H,21,24)/t12-/m0/s1. The van der Waals surface area contributed by atoms with Gasteiger partial charge in [0, 0.05) is 12.6 Å². The molecule has 0 aromatic heterocycles. The first-order chi connectivity index (χ1) is 13.4. The van der Waals surface area contributed by atoms with Crippen LogP contribution in [0, 0.1) is 0 Å². The zero-order chi connectivity index (χ0) is 21.9. The van der Waals surface area contributed by atoms with E-state index in [9.17, 15) is 24.0 Å². The first kappa shape index (κ1) is 22.1. The molecule has 9 nitrogen and oxygen atoms in total. The van der Waals surface area contributed by atoms with Crippen LogP contribution in [0.4, 0.5) is 0 Å². The summed E-state index contributed by atoms with van der Waals surface area (Å²) in [4.78, 5) is 63.1. The minimum absolute atomic E-state index is 0.193. The van der Waals surface area contributed by atoms with Gasteiger partial charge in [0.05, 0.1) is 17.7 Å². The largest absolute Gasteiger partial charge is 0.454 e. The van der Waals surface area contributed by atoms with Gasteiger partial charge in [-0.3, -0.25) is 24.1 Å². The summed E-state index contributed by atoms with van der Waals surface area (Å²) in [5.41, 5.74) is 0.00514. The molecule has 4 amide bonds. The van der Waals surface area contributed by atoms with E-state index in [0.717, 1.165) is 9.80 Å². The SMILES string of the molecule is C[C@@H](C(=O)OCC(=O)N(C)CC(=O)NC(C)(C)C)N1C(=O)c2ccccc2C1=O. The fourth-order valence-corrected chi connectivity index (χ4v) is 2.79. The number of imide groups is 1. The van der Waals surface area contributed by atoms with Crippen molar-refractivity contribution in [3.8, 4) is 0 Å². The number of hydrogen-bond acceptors (Lipinski definition) is 6. The van der Waals surface area contributed by atoms with Crippen molar-refractivity contribution in [3.63, 3.8) is 0 Å². The Bertz CT molecular complexity index is 823. The van der Waals surface area contributed by atoms with Crippen molar-refractivity contribution in [2.24, 2.45) is 0 Å². The minimum atomic E-state index is -1.19. The second-order valence-corrected chi connectivity index (χ2v) is 7.86. The molecule has 1 aromatic carbocycles. The van der Waals surface area contributed by atoms with E-state index in [1.807, 2.05) is 20.8 Å². The number of likely N-dealkylation sites (N-methyl/N-ethyl adjacent to an activating group) is 1. The molecule has 1 atom stereocenters. The summed E-state index contributed by atoms with van der Waals surface area (Å²) in [7, 11) is 1.41. The zero-order valence-corrected chi connectivity index (χ0v) is 17.1. The Balaban J connectivity index is 1.90. The summed E-state index contributed by atoms with van der Waals surface area (Å²) in [6, 6.07) is 5.08. The molecule has 1 aliphatic heterocycles. The van der Waals surface area contributed by atoms with Crippen LogP contribution < -0.4 is 5.32 Å². The maximum Gasteiger partial charge on any atom is 0.329 e. The van der Waals surface area contributed by atoms with Crippen LogP contribution >= 0.6 is 0 Å². The molecule has 2 rings (SSSR count). The number of esters is 1. The third-order valence-corrected chi connectivity index (χ3v) is 4.21. The molecule has 0 spiro atoms. The van der Waals surface area contributed by atoms with Crippen molar-refractivity contribution >= 4 is 29.6 Å². The van der Waals surface area contributed by atoms with E-state index in [0.29, 0.717) is 0 Å². The van der Waals surface area contributed by atoms with Crippen molar-refractivity contribution in [3.05, 3.63) is 35.4 Å². The van der Waals surface area contributed by atoms with Crippen LogP contribution in [0.15, 0.2) is 24.3 Å². The summed E-state index contributed by atoms with van der Waals surface area (Å²) in [6.45, 7) is 6.00. The fourth-order valence-electron chi connectivity index (χ4n) is 2.79. The lowest BCUT2D eigenvalue weighted by Crippen LogP contribution is -2.47. The molecule has 0 aliphatic carbocycles. The second-order valence-electron chi connectivity index (χ2n) is 7.86. The third kappa shape index (κ3) is 5.18. The molecule has 1 aromatic rings. The number of nitrogens with one attached hydrogen (secondary N) is 1. The molecule has 0 bridgehead atoms. The van der Waals surface area contributed by atoms with Gasteiger partial charge in [-0.1, -0.05) is 12.1 Å². The first-order valence-electron chi connectivity index (χ1n) is 9.11. The maximum absolute atomic E-state index is 12.4. The number of amides is 4. The van der Waals surface area contributed by atoms with E-state index in [-0.39, 0.29) is 23.6 Å². The summed E-state index contributed by atoms with van der Waals surface area (Å²) in [5.74, 6) is -2.99. The van der Waals surface area contributed by atoms with E-state index in [1.165, 1.54) is 26.1 Å². The van der Waals surface area contributed by atoms with Gasteiger partial charge in [-0.15, -0.1) is 0 Å². The number of carbonyl (C=O) groups excluding carboxylic acids is 5. The highest BCUT2D eigenvalue weighted by molar-refractivity contribution is 6.22. The molecule has 0 unspecified atom stereocenters. The number of benzene rings is 1. The van der Waals surface area contributed by atoms with Crippen molar-refractivity contribution in [1.29, 1.82) is 0 Å². The average Bonchev–Trinajstić information content (AvgIpc) is 2.88. The highest BCUT2D eigenvalue weighted by atomic mass is 16.5. The number of fused-ring (bicyclic) bond motifs is 1. The lowest BCUT2D eigenvalue weighted by Gasteiger charge is -2.24. The van der Waals surface area contributed by atoms with E-state index in [2.05, 4.69) is 5.32 Å². The normalized spacial score (nSPS) is 14.3. The molecule has 1 heterocycles. The number of hydrogen-bond donors (Lipinski definition) is 1. The van der Waals surface area contributed by atoms with Crippen LogP contribution in [0.2, 0.25) is 0 Å². The van der Waals surface area contributed by atoms with Gasteiger partial charge >= 0.3 is 5.97 Å². The summed E-state index contributed by atoms with van der Waals surface area (Å²) in [5, 5.41) is 2.72. The van der Waals surface area contributed by atoms with Crippen molar-refractivity contribution < 1.29 is 28.7 Å². The lowest BCUT2D eigenvalue weighted by atomic mass is 10.1. The van der Waals surface area contributed by atoms with Gasteiger partial charge in [0.15, 0.2) is 6.61 Å². The van der Waals surface area contributed by atoms with E-state index < -0.39 is 41.9 Å². The van der Waals surface area contributed by atoms with Gasteiger partial charge < -0.3 is 15.0 Å². The fraction of sp³-hybridized carbons (Fsp3) is 0.450.